The van der Waals surface area contributed by atoms with Crippen LogP contribution in [0, 0.1) is 5.92 Å². The number of allylic oxidation sites excluding steroid dienone is 1. The number of ether oxygens (including phenoxy) is 1. The molecule has 8 heteroatoms. The molecule has 1 aliphatic carbocycles. The van der Waals surface area contributed by atoms with E-state index in [-0.39, 0.29) is 36.8 Å². The number of benzene rings is 2. The Morgan fingerprint density at radius 3 is 2.61 bits per heavy atom. The highest BCUT2D eigenvalue weighted by atomic mass is 16.5. The summed E-state index contributed by atoms with van der Waals surface area (Å²) in [6.45, 7) is 1.35. The van der Waals surface area contributed by atoms with Gasteiger partial charge >= 0.3 is 0 Å². The van der Waals surface area contributed by atoms with Gasteiger partial charge in [0.2, 0.25) is 11.8 Å². The molecule has 0 bridgehead atoms. The molecule has 2 fully saturated rings. The summed E-state index contributed by atoms with van der Waals surface area (Å²) in [5, 5.41) is 13.8. The number of hydrogen-bond donors (Lipinski definition) is 3. The maximum absolute atomic E-state index is 13.3. The summed E-state index contributed by atoms with van der Waals surface area (Å²) in [5.74, 6) is 0.487. The fraction of sp³-hybridized carbons (Fsp3) is 0.500. The summed E-state index contributed by atoms with van der Waals surface area (Å²) in [7, 11) is 0. The van der Waals surface area contributed by atoms with Crippen LogP contribution in [0.25, 0.3) is 10.8 Å². The van der Waals surface area contributed by atoms with E-state index in [1.807, 2.05) is 53.4 Å². The van der Waals surface area contributed by atoms with Crippen molar-refractivity contribution in [1.82, 2.24) is 15.7 Å². The molecule has 2 aromatic carbocycles. The van der Waals surface area contributed by atoms with Crippen LogP contribution in [0.1, 0.15) is 64.2 Å². The highest BCUT2D eigenvalue weighted by molar-refractivity contribution is 5.94. The second-order valence-electron chi connectivity index (χ2n) is 10.4. The number of hydrogen-bond acceptors (Lipinski definition) is 5. The molecule has 1 saturated carbocycles. The van der Waals surface area contributed by atoms with E-state index in [2.05, 4.69) is 5.32 Å². The molecule has 4 rings (SSSR count). The Bertz CT molecular complexity index is 1140. The van der Waals surface area contributed by atoms with Crippen LogP contribution in [0.5, 0.6) is 5.75 Å². The zero-order chi connectivity index (χ0) is 26.7. The van der Waals surface area contributed by atoms with E-state index in [4.69, 9.17) is 9.94 Å². The summed E-state index contributed by atoms with van der Waals surface area (Å²) in [5.41, 5.74) is 2.17. The summed E-state index contributed by atoms with van der Waals surface area (Å²) >= 11 is 0. The maximum atomic E-state index is 13.3. The van der Waals surface area contributed by atoms with E-state index >= 15 is 0 Å². The van der Waals surface area contributed by atoms with Crippen molar-refractivity contribution in [2.24, 2.45) is 5.92 Å². The van der Waals surface area contributed by atoms with Gasteiger partial charge in [-0.15, -0.1) is 0 Å². The van der Waals surface area contributed by atoms with Crippen LogP contribution < -0.4 is 15.5 Å². The Morgan fingerprint density at radius 1 is 1.00 bits per heavy atom. The summed E-state index contributed by atoms with van der Waals surface area (Å²) < 4.78 is 6.13. The van der Waals surface area contributed by atoms with Gasteiger partial charge in [0, 0.05) is 36.9 Å². The third-order valence-electron chi connectivity index (χ3n) is 7.59. The summed E-state index contributed by atoms with van der Waals surface area (Å²) in [6.07, 6.45) is 10.2. The van der Waals surface area contributed by atoms with Crippen LogP contribution in [0.2, 0.25) is 0 Å². The van der Waals surface area contributed by atoms with Gasteiger partial charge in [-0.2, -0.15) is 0 Å². The zero-order valence-corrected chi connectivity index (χ0v) is 22.0. The van der Waals surface area contributed by atoms with E-state index in [1.165, 1.54) is 6.42 Å². The third kappa shape index (κ3) is 7.57. The van der Waals surface area contributed by atoms with E-state index in [0.717, 1.165) is 42.9 Å². The third-order valence-corrected chi connectivity index (χ3v) is 7.59. The average Bonchev–Trinajstić information content (AvgIpc) is 3.42. The number of likely N-dealkylation sites (tertiary alicyclic amines) is 1. The van der Waals surface area contributed by atoms with Gasteiger partial charge < -0.3 is 15.0 Å². The lowest BCUT2D eigenvalue weighted by molar-refractivity contribution is -0.135. The first-order valence-electron chi connectivity index (χ1n) is 13.9. The van der Waals surface area contributed by atoms with Gasteiger partial charge in [-0.25, -0.2) is 5.48 Å². The van der Waals surface area contributed by atoms with Crippen LogP contribution in [0.4, 0.5) is 0 Å². The predicted octanol–water partition coefficient (Wildman–Crippen LogP) is 4.51. The lowest BCUT2D eigenvalue weighted by Gasteiger charge is -2.26. The lowest BCUT2D eigenvalue weighted by atomic mass is 9.88. The lowest BCUT2D eigenvalue weighted by Crippen LogP contribution is -2.41. The van der Waals surface area contributed by atoms with Crippen molar-refractivity contribution < 1.29 is 24.3 Å². The largest absolute Gasteiger partial charge is 0.488 e. The Hall–Kier alpha value is -3.39. The van der Waals surface area contributed by atoms with Gasteiger partial charge in [0.1, 0.15) is 12.4 Å². The number of nitrogens with zero attached hydrogens (tertiary/aromatic N) is 1. The van der Waals surface area contributed by atoms with Crippen molar-refractivity contribution in [1.29, 1.82) is 0 Å². The van der Waals surface area contributed by atoms with Crippen LogP contribution >= 0.6 is 0 Å². The van der Waals surface area contributed by atoms with E-state index in [1.54, 1.807) is 5.48 Å². The van der Waals surface area contributed by atoms with Crippen molar-refractivity contribution in [2.45, 2.75) is 70.3 Å². The van der Waals surface area contributed by atoms with Crippen LogP contribution in [-0.4, -0.2) is 53.6 Å². The zero-order valence-electron chi connectivity index (χ0n) is 22.0. The first-order chi connectivity index (χ1) is 18.5. The van der Waals surface area contributed by atoms with Gasteiger partial charge in [0.25, 0.3) is 5.91 Å². The van der Waals surface area contributed by atoms with Crippen molar-refractivity contribution in [3.63, 3.8) is 0 Å². The molecule has 2 aromatic rings. The SMILES string of the molecule is O=C(CCCC/C=C(\COc1cccc2ccccc12)C(=O)NC1CCN(C(=O)C2CCCCC2)C1)NO. The highest BCUT2D eigenvalue weighted by Crippen LogP contribution is 2.27. The molecule has 1 atom stereocenters. The maximum Gasteiger partial charge on any atom is 0.250 e. The molecule has 38 heavy (non-hydrogen) atoms. The smallest absolute Gasteiger partial charge is 0.250 e. The Labute approximate surface area is 224 Å². The molecule has 0 radical (unpaired) electrons. The molecular formula is C30H39N3O5. The highest BCUT2D eigenvalue weighted by Gasteiger charge is 2.32. The van der Waals surface area contributed by atoms with Crippen molar-refractivity contribution >= 4 is 28.5 Å². The number of hydroxylamine groups is 1. The molecule has 204 valence electrons. The Morgan fingerprint density at radius 2 is 1.79 bits per heavy atom. The van der Waals surface area contributed by atoms with Gasteiger partial charge in [0.15, 0.2) is 0 Å². The fourth-order valence-corrected chi connectivity index (χ4v) is 5.42. The molecule has 0 aromatic heterocycles. The molecule has 2 aliphatic rings. The minimum absolute atomic E-state index is 0.0794. The molecule has 1 saturated heterocycles. The Kier molecular flexibility index (Phi) is 10.1. The van der Waals surface area contributed by atoms with Gasteiger partial charge in [-0.3, -0.25) is 19.6 Å². The van der Waals surface area contributed by atoms with Crippen molar-refractivity contribution in [2.75, 3.05) is 19.7 Å². The number of rotatable bonds is 11. The molecule has 1 aliphatic heterocycles. The van der Waals surface area contributed by atoms with E-state index in [0.29, 0.717) is 43.7 Å². The predicted molar refractivity (Wildman–Crippen MR) is 146 cm³/mol. The topological polar surface area (TPSA) is 108 Å². The first kappa shape index (κ1) is 27.6. The molecule has 3 amide bonds. The second kappa shape index (κ2) is 14.0. The average molecular weight is 522 g/mol. The van der Waals surface area contributed by atoms with Crippen LogP contribution in [0.15, 0.2) is 54.1 Å². The summed E-state index contributed by atoms with van der Waals surface area (Å²) in [4.78, 5) is 39.4. The number of fused-ring (bicyclic) bond motifs is 1. The van der Waals surface area contributed by atoms with Crippen molar-refractivity contribution in [3.05, 3.63) is 54.1 Å². The standard InChI is InChI=1S/C30H39N3O5/c34-28(32-37)17-6-2-5-13-24(21-38-27-16-9-14-22-10-7-8-15-26(22)27)29(35)31-25-18-19-33(20-25)30(36)23-11-3-1-4-12-23/h7-10,13-16,23,25,37H,1-6,11-12,17-21H2,(H,31,35)(H,32,34)/b24-13+. The molecule has 0 spiro atoms. The first-order valence-corrected chi connectivity index (χ1v) is 13.9. The number of carbonyl (C=O) groups is 3. The van der Waals surface area contributed by atoms with Crippen LogP contribution in [-0.2, 0) is 14.4 Å². The van der Waals surface area contributed by atoms with Gasteiger partial charge in [-0.05, 0) is 50.0 Å². The minimum atomic E-state index is -0.417. The normalized spacial score (nSPS) is 18.4. The molecular weight excluding hydrogens is 482 g/mol. The van der Waals surface area contributed by atoms with Crippen molar-refractivity contribution in [3.8, 4) is 5.75 Å². The number of nitrogens with one attached hydrogen (secondary N) is 2. The van der Waals surface area contributed by atoms with Gasteiger partial charge in [0.05, 0.1) is 5.57 Å². The van der Waals surface area contributed by atoms with E-state index in [9.17, 15) is 14.4 Å². The van der Waals surface area contributed by atoms with Crippen LogP contribution in [0.3, 0.4) is 0 Å². The number of unbranched alkanes of at least 4 members (excludes halogenated alkanes) is 2. The molecule has 3 N–H and O–H groups in total. The quantitative estimate of drug-likeness (QED) is 0.175. The Balaban J connectivity index is 1.37. The monoisotopic (exact) mass is 521 g/mol. The fourth-order valence-electron chi connectivity index (χ4n) is 5.42. The molecule has 1 unspecified atom stereocenters. The van der Waals surface area contributed by atoms with Gasteiger partial charge in [-0.1, -0.05) is 61.7 Å². The second-order valence-corrected chi connectivity index (χ2v) is 10.4. The molecule has 1 heterocycles. The summed E-state index contributed by atoms with van der Waals surface area (Å²) in [6, 6.07) is 13.7. The number of carbonyl (C=O) groups excluding carboxylic acids is 3. The molecule has 8 nitrogen and oxygen atoms in total. The van der Waals surface area contributed by atoms with E-state index < -0.39 is 5.91 Å². The minimum Gasteiger partial charge on any atom is -0.488 e. The number of amides is 3.